The number of hydrogen-bond donors (Lipinski definition) is 2. The predicted octanol–water partition coefficient (Wildman–Crippen LogP) is -0.175. The van der Waals surface area contributed by atoms with Gasteiger partial charge in [-0.1, -0.05) is 20.8 Å². The molecule has 98 valence electrons. The highest BCUT2D eigenvalue weighted by Gasteiger charge is 2.34. The van der Waals surface area contributed by atoms with Gasteiger partial charge in [-0.15, -0.1) is 0 Å². The molecule has 0 aromatic heterocycles. The number of hydrogen-bond acceptors (Lipinski definition) is 3. The number of rotatable bonds is 3. The summed E-state index contributed by atoms with van der Waals surface area (Å²) in [6, 6.07) is -0.373. The van der Waals surface area contributed by atoms with E-state index < -0.39 is 0 Å². The molecule has 2 unspecified atom stereocenters. The Morgan fingerprint density at radius 2 is 2.00 bits per heavy atom. The Hall–Kier alpha value is -1.10. The van der Waals surface area contributed by atoms with E-state index in [0.29, 0.717) is 19.0 Å². The maximum Gasteiger partial charge on any atom is 0.243 e. The molecule has 2 N–H and O–H groups in total. The van der Waals surface area contributed by atoms with Crippen LogP contribution in [0.4, 0.5) is 0 Å². The molecular weight excluding hydrogens is 218 g/mol. The summed E-state index contributed by atoms with van der Waals surface area (Å²) in [5, 5.41) is 5.76. The summed E-state index contributed by atoms with van der Waals surface area (Å²) in [5.41, 5.74) is 0. The van der Waals surface area contributed by atoms with Crippen molar-refractivity contribution in [2.45, 2.75) is 26.8 Å². The molecule has 0 aliphatic carbocycles. The summed E-state index contributed by atoms with van der Waals surface area (Å²) in [6.07, 6.45) is 0. The van der Waals surface area contributed by atoms with E-state index in [0.717, 1.165) is 6.54 Å². The van der Waals surface area contributed by atoms with Crippen LogP contribution in [0.25, 0.3) is 0 Å². The number of likely N-dealkylation sites (N-methyl/N-ethyl adjacent to an activating group) is 1. The lowest BCUT2D eigenvalue weighted by molar-refractivity contribution is -0.145. The van der Waals surface area contributed by atoms with E-state index in [1.165, 1.54) is 0 Å². The molecule has 1 heterocycles. The van der Waals surface area contributed by atoms with Gasteiger partial charge >= 0.3 is 0 Å². The van der Waals surface area contributed by atoms with Gasteiger partial charge in [-0.25, -0.2) is 0 Å². The fourth-order valence-corrected chi connectivity index (χ4v) is 1.92. The number of carbonyl (C=O) groups excluding carboxylic acids is 2. The van der Waals surface area contributed by atoms with Gasteiger partial charge in [0.15, 0.2) is 0 Å². The Morgan fingerprint density at radius 1 is 1.35 bits per heavy atom. The standard InChI is InChI=1S/C12H23N3O2/c1-8(2)9(3)12(17)15-6-5-14-7-10(15)11(16)13-4/h8-10,14H,5-7H2,1-4H3,(H,13,16). The third kappa shape index (κ3) is 3.19. The summed E-state index contributed by atoms with van der Waals surface area (Å²) < 4.78 is 0. The molecule has 0 radical (unpaired) electrons. The predicted molar refractivity (Wildman–Crippen MR) is 66.4 cm³/mol. The number of nitrogens with one attached hydrogen (secondary N) is 2. The molecule has 1 rings (SSSR count). The SMILES string of the molecule is CNC(=O)C1CNCCN1C(=O)C(C)C(C)C. The zero-order valence-electron chi connectivity index (χ0n) is 11.1. The average molecular weight is 241 g/mol. The zero-order chi connectivity index (χ0) is 13.0. The average Bonchev–Trinajstić information content (AvgIpc) is 2.35. The molecule has 0 bridgehead atoms. The molecule has 0 saturated carbocycles. The molecule has 0 aromatic carbocycles. The van der Waals surface area contributed by atoms with Crippen LogP contribution in [0, 0.1) is 11.8 Å². The van der Waals surface area contributed by atoms with Gasteiger partial charge < -0.3 is 15.5 Å². The van der Waals surface area contributed by atoms with Crippen LogP contribution in [0.1, 0.15) is 20.8 Å². The first-order chi connectivity index (χ1) is 7.99. The van der Waals surface area contributed by atoms with E-state index in [9.17, 15) is 9.59 Å². The first kappa shape index (κ1) is 14.0. The van der Waals surface area contributed by atoms with Crippen LogP contribution < -0.4 is 10.6 Å². The minimum atomic E-state index is -0.373. The minimum Gasteiger partial charge on any atom is -0.357 e. The fourth-order valence-electron chi connectivity index (χ4n) is 1.92. The molecule has 1 fully saturated rings. The van der Waals surface area contributed by atoms with E-state index in [2.05, 4.69) is 10.6 Å². The van der Waals surface area contributed by atoms with Crippen molar-refractivity contribution in [2.75, 3.05) is 26.7 Å². The van der Waals surface area contributed by atoms with Gasteiger partial charge in [-0.3, -0.25) is 9.59 Å². The lowest BCUT2D eigenvalue weighted by atomic mass is 9.95. The van der Waals surface area contributed by atoms with E-state index in [1.807, 2.05) is 20.8 Å². The fraction of sp³-hybridized carbons (Fsp3) is 0.833. The lowest BCUT2D eigenvalue weighted by Crippen LogP contribution is -2.60. The smallest absolute Gasteiger partial charge is 0.243 e. The van der Waals surface area contributed by atoms with Crippen molar-refractivity contribution in [1.29, 1.82) is 0 Å². The first-order valence-electron chi connectivity index (χ1n) is 6.21. The summed E-state index contributed by atoms with van der Waals surface area (Å²) in [4.78, 5) is 25.7. The van der Waals surface area contributed by atoms with Gasteiger partial charge in [-0.2, -0.15) is 0 Å². The minimum absolute atomic E-state index is 0.0414. The third-order valence-corrected chi connectivity index (χ3v) is 3.47. The van der Waals surface area contributed by atoms with E-state index in [1.54, 1.807) is 11.9 Å². The highest BCUT2D eigenvalue weighted by Crippen LogP contribution is 2.16. The highest BCUT2D eigenvalue weighted by atomic mass is 16.2. The van der Waals surface area contributed by atoms with Crippen LogP contribution in [0.5, 0.6) is 0 Å². The van der Waals surface area contributed by atoms with E-state index in [-0.39, 0.29) is 23.8 Å². The van der Waals surface area contributed by atoms with Gasteiger partial charge in [0.05, 0.1) is 0 Å². The van der Waals surface area contributed by atoms with Crippen LogP contribution in [0.2, 0.25) is 0 Å². The largest absolute Gasteiger partial charge is 0.357 e. The van der Waals surface area contributed by atoms with Crippen molar-refractivity contribution in [3.63, 3.8) is 0 Å². The van der Waals surface area contributed by atoms with Crippen LogP contribution >= 0.6 is 0 Å². The molecule has 1 saturated heterocycles. The molecule has 17 heavy (non-hydrogen) atoms. The number of amides is 2. The van der Waals surface area contributed by atoms with Crippen LogP contribution in [0.3, 0.4) is 0 Å². The zero-order valence-corrected chi connectivity index (χ0v) is 11.1. The van der Waals surface area contributed by atoms with Gasteiger partial charge in [0.2, 0.25) is 11.8 Å². The Balaban J connectivity index is 2.77. The summed E-state index contributed by atoms with van der Waals surface area (Å²) in [6.45, 7) is 7.88. The molecule has 0 aromatic rings. The molecule has 2 amide bonds. The van der Waals surface area contributed by atoms with Gasteiger partial charge in [0.1, 0.15) is 6.04 Å². The van der Waals surface area contributed by atoms with Crippen molar-refractivity contribution in [1.82, 2.24) is 15.5 Å². The summed E-state index contributed by atoms with van der Waals surface area (Å²) in [5.74, 6) is 0.236. The van der Waals surface area contributed by atoms with Crippen molar-refractivity contribution in [3.05, 3.63) is 0 Å². The molecular formula is C12H23N3O2. The molecule has 5 heteroatoms. The highest BCUT2D eigenvalue weighted by molar-refractivity contribution is 5.88. The van der Waals surface area contributed by atoms with Crippen LogP contribution in [-0.2, 0) is 9.59 Å². The Labute approximate surface area is 103 Å². The molecule has 1 aliphatic rings. The topological polar surface area (TPSA) is 61.4 Å². The molecule has 2 atom stereocenters. The van der Waals surface area contributed by atoms with Crippen molar-refractivity contribution in [2.24, 2.45) is 11.8 Å². The van der Waals surface area contributed by atoms with Gasteiger partial charge in [0, 0.05) is 32.6 Å². The van der Waals surface area contributed by atoms with Crippen molar-refractivity contribution >= 4 is 11.8 Å². The monoisotopic (exact) mass is 241 g/mol. The van der Waals surface area contributed by atoms with Crippen molar-refractivity contribution in [3.8, 4) is 0 Å². The van der Waals surface area contributed by atoms with E-state index >= 15 is 0 Å². The third-order valence-electron chi connectivity index (χ3n) is 3.47. The number of nitrogens with zero attached hydrogens (tertiary/aromatic N) is 1. The molecule has 5 nitrogen and oxygen atoms in total. The second-order valence-electron chi connectivity index (χ2n) is 4.90. The maximum atomic E-state index is 12.3. The number of carbonyl (C=O) groups is 2. The lowest BCUT2D eigenvalue weighted by Gasteiger charge is -2.37. The second-order valence-corrected chi connectivity index (χ2v) is 4.90. The van der Waals surface area contributed by atoms with Gasteiger partial charge in [-0.05, 0) is 5.92 Å². The number of piperazine rings is 1. The Morgan fingerprint density at radius 3 is 2.53 bits per heavy atom. The first-order valence-corrected chi connectivity index (χ1v) is 6.21. The van der Waals surface area contributed by atoms with Crippen LogP contribution in [-0.4, -0.2) is 49.4 Å². The second kappa shape index (κ2) is 6.00. The Bertz CT molecular complexity index is 291. The van der Waals surface area contributed by atoms with Crippen LogP contribution in [0.15, 0.2) is 0 Å². The summed E-state index contributed by atoms with van der Waals surface area (Å²) >= 11 is 0. The Kier molecular flexibility index (Phi) is 4.93. The van der Waals surface area contributed by atoms with E-state index in [4.69, 9.17) is 0 Å². The molecule has 1 aliphatic heterocycles. The normalized spacial score (nSPS) is 22.4. The van der Waals surface area contributed by atoms with Gasteiger partial charge in [0.25, 0.3) is 0 Å². The summed E-state index contributed by atoms with van der Waals surface area (Å²) in [7, 11) is 1.60. The quantitative estimate of drug-likeness (QED) is 0.721. The molecule has 0 spiro atoms. The van der Waals surface area contributed by atoms with Crippen molar-refractivity contribution < 1.29 is 9.59 Å². The maximum absolute atomic E-state index is 12.3.